The maximum atomic E-state index is 2.30. The van der Waals surface area contributed by atoms with Gasteiger partial charge in [0, 0.05) is 0 Å². The summed E-state index contributed by atoms with van der Waals surface area (Å²) in [4.78, 5) is 0. The summed E-state index contributed by atoms with van der Waals surface area (Å²) < 4.78 is 0. The van der Waals surface area contributed by atoms with Crippen LogP contribution in [0.15, 0.2) is 0 Å². The van der Waals surface area contributed by atoms with Crippen LogP contribution in [0, 0.1) is 35.5 Å². The monoisotopic (exact) mass is 389 g/mol. The molecule has 0 amide bonds. The normalized spacial score (nSPS) is 11.0. The summed E-state index contributed by atoms with van der Waals surface area (Å²) in [6, 6.07) is 0. The van der Waals surface area contributed by atoms with E-state index in [0.29, 0.717) is 0 Å². The molecule has 0 saturated carbocycles. The van der Waals surface area contributed by atoms with E-state index in [9.17, 15) is 0 Å². The minimum Gasteiger partial charge on any atom is -0.0651 e. The Kier molecular flexibility index (Phi) is 42.9. The Morgan fingerprint density at radius 3 is 0.481 bits per heavy atom. The van der Waals surface area contributed by atoms with Crippen LogP contribution in [-0.2, 0) is 0 Å². The van der Waals surface area contributed by atoms with Gasteiger partial charge in [-0.25, -0.2) is 0 Å². The van der Waals surface area contributed by atoms with E-state index in [4.69, 9.17) is 0 Å². The molecule has 0 aromatic rings. The van der Waals surface area contributed by atoms with Crippen LogP contribution in [0.25, 0.3) is 0 Å². The molecule has 0 aliphatic carbocycles. The largest absolute Gasteiger partial charge is 0.0651 e. The number of rotatable bonds is 6. The van der Waals surface area contributed by atoms with Crippen molar-refractivity contribution in [3.63, 3.8) is 0 Å². The van der Waals surface area contributed by atoms with E-state index in [-0.39, 0.29) is 0 Å². The van der Waals surface area contributed by atoms with Gasteiger partial charge < -0.3 is 0 Å². The molecular formula is C27H64. The van der Waals surface area contributed by atoms with Crippen molar-refractivity contribution in [1.82, 2.24) is 0 Å². The van der Waals surface area contributed by atoms with Gasteiger partial charge >= 0.3 is 0 Å². The van der Waals surface area contributed by atoms with Gasteiger partial charge in [-0.3, -0.25) is 0 Å². The van der Waals surface area contributed by atoms with Crippen LogP contribution in [-0.4, -0.2) is 0 Å². The first-order chi connectivity index (χ1) is 12.3. The zero-order valence-electron chi connectivity index (χ0n) is 23.0. The van der Waals surface area contributed by atoms with Gasteiger partial charge in [0.2, 0.25) is 0 Å². The molecule has 1 unspecified atom stereocenters. The summed E-state index contributed by atoms with van der Waals surface area (Å²) in [5, 5.41) is 0. The van der Waals surface area contributed by atoms with Gasteiger partial charge in [-0.05, 0) is 35.5 Å². The van der Waals surface area contributed by atoms with Crippen LogP contribution in [0.3, 0.4) is 0 Å². The standard InChI is InChI=1S/C7H16.4C5H12/c1-5-7(4)6(2)3;4*1-4-5(2)3/h6-7H,5H2,1-4H3;4*5H,4H2,1-3H3. The van der Waals surface area contributed by atoms with Gasteiger partial charge in [-0.15, -0.1) is 0 Å². The Morgan fingerprint density at radius 1 is 0.333 bits per heavy atom. The molecule has 0 rings (SSSR count). The summed E-state index contributed by atoms with van der Waals surface area (Å²) in [5.41, 5.74) is 0. The minimum atomic E-state index is 0.866. The van der Waals surface area contributed by atoms with Crippen LogP contribution >= 0.6 is 0 Å². The number of hydrogen-bond donors (Lipinski definition) is 0. The summed E-state index contributed by atoms with van der Waals surface area (Å²) >= 11 is 0. The second kappa shape index (κ2) is 30.7. The van der Waals surface area contributed by atoms with E-state index in [0.717, 1.165) is 35.5 Å². The van der Waals surface area contributed by atoms with Crippen molar-refractivity contribution in [2.24, 2.45) is 35.5 Å². The van der Waals surface area contributed by atoms with E-state index < -0.39 is 0 Å². The van der Waals surface area contributed by atoms with Crippen molar-refractivity contribution in [3.05, 3.63) is 0 Å². The van der Waals surface area contributed by atoms with Crippen molar-refractivity contribution in [3.8, 4) is 0 Å². The zero-order chi connectivity index (χ0) is 23.0. The first kappa shape index (κ1) is 37.7. The average Bonchev–Trinajstić information content (AvgIpc) is 2.62. The summed E-state index contributed by atoms with van der Waals surface area (Å²) in [7, 11) is 0. The second-order valence-corrected chi connectivity index (χ2v) is 9.84. The molecule has 0 heteroatoms. The van der Waals surface area contributed by atoms with Gasteiger partial charge in [-0.1, -0.05) is 143 Å². The molecule has 0 heterocycles. The molecule has 172 valence electrons. The van der Waals surface area contributed by atoms with Gasteiger partial charge in [-0.2, -0.15) is 0 Å². The van der Waals surface area contributed by atoms with Crippen molar-refractivity contribution in [2.75, 3.05) is 0 Å². The smallest absolute Gasteiger partial charge is 0.0422 e. The average molecular weight is 389 g/mol. The quantitative estimate of drug-likeness (QED) is 0.424. The molecule has 27 heavy (non-hydrogen) atoms. The fourth-order valence-corrected chi connectivity index (χ4v) is 0.471. The Morgan fingerprint density at radius 2 is 0.481 bits per heavy atom. The molecule has 0 N–H and O–H groups in total. The van der Waals surface area contributed by atoms with Crippen LogP contribution < -0.4 is 0 Å². The Balaban J connectivity index is -0.0000000753. The highest BCUT2D eigenvalue weighted by Crippen LogP contribution is 2.11. The molecule has 1 atom stereocenters. The van der Waals surface area contributed by atoms with E-state index in [1.807, 2.05) is 0 Å². The number of hydrogen-bond acceptors (Lipinski definition) is 0. The highest BCUT2D eigenvalue weighted by Gasteiger charge is 2.01. The molecule has 0 radical (unpaired) electrons. The van der Waals surface area contributed by atoms with Crippen LogP contribution in [0.1, 0.15) is 143 Å². The van der Waals surface area contributed by atoms with E-state index in [1.54, 1.807) is 0 Å². The summed E-state index contributed by atoms with van der Waals surface area (Å²) in [5.74, 6) is 5.31. The first-order valence-corrected chi connectivity index (χ1v) is 12.3. The van der Waals surface area contributed by atoms with Crippen LogP contribution in [0.5, 0.6) is 0 Å². The molecular weight excluding hydrogens is 324 g/mol. The van der Waals surface area contributed by atoms with Crippen LogP contribution in [0.4, 0.5) is 0 Å². The Bertz CT molecular complexity index is 166. The zero-order valence-corrected chi connectivity index (χ0v) is 23.0. The molecule has 0 saturated heterocycles. The van der Waals surface area contributed by atoms with E-state index in [1.165, 1.54) is 32.1 Å². The molecule has 0 aliphatic heterocycles. The molecule has 0 fully saturated rings. The molecule has 0 nitrogen and oxygen atoms in total. The van der Waals surface area contributed by atoms with Crippen molar-refractivity contribution < 1.29 is 0 Å². The maximum Gasteiger partial charge on any atom is -0.0422 e. The third-order valence-electron chi connectivity index (χ3n) is 5.05. The van der Waals surface area contributed by atoms with Gasteiger partial charge in [0.25, 0.3) is 0 Å². The fraction of sp³-hybridized carbons (Fsp3) is 1.00. The lowest BCUT2D eigenvalue weighted by Gasteiger charge is -2.10. The lowest BCUT2D eigenvalue weighted by Crippen LogP contribution is -2.00. The molecule has 0 aromatic carbocycles. The second-order valence-electron chi connectivity index (χ2n) is 9.84. The lowest BCUT2D eigenvalue weighted by molar-refractivity contribution is 0.407. The lowest BCUT2D eigenvalue weighted by atomic mass is 9.96. The molecule has 0 aromatic heterocycles. The fourth-order valence-electron chi connectivity index (χ4n) is 0.471. The van der Waals surface area contributed by atoms with Gasteiger partial charge in [0.05, 0.1) is 0 Å². The Labute approximate surface area is 178 Å². The SMILES string of the molecule is CCC(C)C.CCC(C)C.CCC(C)C.CCC(C)C.CCC(C)C(C)C. The van der Waals surface area contributed by atoms with Gasteiger partial charge in [0.1, 0.15) is 0 Å². The first-order valence-electron chi connectivity index (χ1n) is 12.3. The summed E-state index contributed by atoms with van der Waals surface area (Å²) in [6.07, 6.45) is 6.54. The van der Waals surface area contributed by atoms with E-state index >= 15 is 0 Å². The van der Waals surface area contributed by atoms with Crippen molar-refractivity contribution in [1.29, 1.82) is 0 Å². The maximum absolute atomic E-state index is 2.30. The third-order valence-corrected chi connectivity index (χ3v) is 5.05. The Hall–Kier alpha value is 0. The molecule has 0 bridgehead atoms. The predicted octanol–water partition coefficient (Wildman–Crippen LogP) is 10.9. The summed E-state index contributed by atoms with van der Waals surface area (Å²) in [6.45, 7) is 35.7. The highest BCUT2D eigenvalue weighted by molar-refractivity contribution is 4.52. The molecule has 0 aliphatic rings. The van der Waals surface area contributed by atoms with E-state index in [2.05, 4.69) is 111 Å². The molecule has 0 spiro atoms. The van der Waals surface area contributed by atoms with Crippen molar-refractivity contribution in [2.45, 2.75) is 143 Å². The predicted molar refractivity (Wildman–Crippen MR) is 135 cm³/mol. The topological polar surface area (TPSA) is 0 Å². The van der Waals surface area contributed by atoms with Crippen molar-refractivity contribution >= 4 is 0 Å². The third kappa shape index (κ3) is 76.4. The van der Waals surface area contributed by atoms with Gasteiger partial charge in [0.15, 0.2) is 0 Å². The highest BCUT2D eigenvalue weighted by atomic mass is 14.1. The minimum absolute atomic E-state index is 0.866. The van der Waals surface area contributed by atoms with Crippen LogP contribution in [0.2, 0.25) is 0 Å².